The molecule has 0 aliphatic rings. The van der Waals surface area contributed by atoms with Crippen LogP contribution in [0.5, 0.6) is 0 Å². The summed E-state index contributed by atoms with van der Waals surface area (Å²) in [5, 5.41) is 67.2. The van der Waals surface area contributed by atoms with E-state index in [-0.39, 0.29) is 75.3 Å². The Labute approximate surface area is 408 Å². The molecule has 0 fully saturated rings. The number of benzene rings is 1. The molecule has 3 amide bonds. The third-order valence-electron chi connectivity index (χ3n) is 8.92. The molecule has 0 aliphatic carbocycles. The molecule has 0 saturated carbocycles. The zero-order valence-corrected chi connectivity index (χ0v) is 39.9. The molecular formula is C39H60IN9O20. The lowest BCUT2D eigenvalue weighted by molar-refractivity contribution is -0.393. The summed E-state index contributed by atoms with van der Waals surface area (Å²) < 4.78 is 45.8. The average Bonchev–Trinajstić information content (AvgIpc) is 3.64. The van der Waals surface area contributed by atoms with Gasteiger partial charge in [-0.1, -0.05) is 5.21 Å². The van der Waals surface area contributed by atoms with Crippen LogP contribution in [0.4, 0.5) is 21.9 Å². The number of ether oxygens (including phenoxy) is 8. The molecule has 1 aromatic heterocycles. The van der Waals surface area contributed by atoms with Gasteiger partial charge in [-0.15, -0.1) is 5.10 Å². The maximum atomic E-state index is 12.5. The minimum Gasteiger partial charge on any atom is -0.481 e. The van der Waals surface area contributed by atoms with Gasteiger partial charge in [-0.25, -0.2) is 19.1 Å². The third-order valence-corrected chi connectivity index (χ3v) is 10.1. The largest absolute Gasteiger partial charge is 0.481 e. The van der Waals surface area contributed by atoms with Crippen LogP contribution >= 0.6 is 22.6 Å². The molecule has 0 unspecified atom stereocenters. The number of carboxylic acids is 3. The number of aliphatic carboxylic acids is 3. The lowest BCUT2D eigenvalue weighted by Gasteiger charge is -2.18. The minimum absolute atomic E-state index is 0.00820. The lowest BCUT2D eigenvalue weighted by Crippen LogP contribution is -2.51. The molecule has 2 aromatic rings. The van der Waals surface area contributed by atoms with Crippen LogP contribution in [-0.4, -0.2) is 194 Å². The predicted octanol–water partition coefficient (Wildman–Crippen LogP) is 0.801. The second kappa shape index (κ2) is 36.5. The molecule has 0 saturated heterocycles. The van der Waals surface area contributed by atoms with Crippen LogP contribution in [0.2, 0.25) is 0 Å². The first kappa shape index (κ1) is 59.6. The van der Waals surface area contributed by atoms with Gasteiger partial charge in [0.2, 0.25) is 5.91 Å². The summed E-state index contributed by atoms with van der Waals surface area (Å²) in [7, 11) is 0. The molecule has 0 bridgehead atoms. The zero-order valence-electron chi connectivity index (χ0n) is 37.8. The maximum Gasteiger partial charge on any atom is 0.326 e. The first-order chi connectivity index (χ1) is 33.2. The number of amides is 3. The molecule has 2 atom stereocenters. The number of unbranched alkanes of at least 4 members (excludes halogenated alkanes) is 1. The van der Waals surface area contributed by atoms with Crippen molar-refractivity contribution in [2.75, 3.05) is 118 Å². The van der Waals surface area contributed by atoms with Crippen LogP contribution in [0.3, 0.4) is 0 Å². The maximum absolute atomic E-state index is 12.5. The molecule has 388 valence electrons. The number of aromatic nitrogens is 3. The van der Waals surface area contributed by atoms with Gasteiger partial charge in [-0.05, 0) is 54.3 Å². The van der Waals surface area contributed by atoms with E-state index in [1.807, 2.05) is 22.6 Å². The van der Waals surface area contributed by atoms with Crippen LogP contribution in [0, 0.1) is 23.9 Å². The summed E-state index contributed by atoms with van der Waals surface area (Å²) in [5.74, 6) is -4.41. The highest BCUT2D eigenvalue weighted by Gasteiger charge is 2.25. The van der Waals surface area contributed by atoms with E-state index >= 15 is 0 Å². The van der Waals surface area contributed by atoms with E-state index in [1.165, 1.54) is 16.8 Å². The molecule has 29 nitrogen and oxygen atoms in total. The number of hydrogen-bond acceptors (Lipinski definition) is 20. The van der Waals surface area contributed by atoms with E-state index in [9.17, 15) is 54.4 Å². The normalized spacial score (nSPS) is 12.0. The molecule has 30 heteroatoms. The number of non-ortho nitro benzene ring substituents is 1. The van der Waals surface area contributed by atoms with E-state index in [0.29, 0.717) is 108 Å². The van der Waals surface area contributed by atoms with E-state index in [4.69, 9.17) is 43.0 Å². The first-order valence-electron chi connectivity index (χ1n) is 21.6. The number of nitrogens with one attached hydrogen (secondary N) is 4. The van der Waals surface area contributed by atoms with E-state index in [2.05, 4.69) is 31.6 Å². The number of urea groups is 1. The van der Waals surface area contributed by atoms with E-state index in [1.54, 1.807) is 0 Å². The van der Waals surface area contributed by atoms with Crippen LogP contribution < -0.4 is 21.3 Å². The Morgan fingerprint density at radius 2 is 1.16 bits per heavy atom. The zero-order chi connectivity index (χ0) is 50.7. The van der Waals surface area contributed by atoms with Crippen molar-refractivity contribution in [2.45, 2.75) is 57.3 Å². The summed E-state index contributed by atoms with van der Waals surface area (Å²) in [6, 6.07) is -0.533. The Balaban J connectivity index is 1.36. The molecule has 0 aliphatic heterocycles. The number of nitro benzene ring substituents is 2. The van der Waals surface area contributed by atoms with Gasteiger partial charge in [0.15, 0.2) is 0 Å². The fourth-order valence-corrected chi connectivity index (χ4v) is 5.99. The minimum atomic E-state index is -1.51. The summed E-state index contributed by atoms with van der Waals surface area (Å²) in [4.78, 5) is 78.8. The number of anilines is 1. The van der Waals surface area contributed by atoms with Crippen LogP contribution in [-0.2, 0) is 70.2 Å². The van der Waals surface area contributed by atoms with E-state index < -0.39 is 52.3 Å². The van der Waals surface area contributed by atoms with Crippen molar-refractivity contribution in [1.29, 1.82) is 0 Å². The van der Waals surface area contributed by atoms with Crippen molar-refractivity contribution in [3.05, 3.63) is 47.8 Å². The number of halogens is 1. The van der Waals surface area contributed by atoms with Gasteiger partial charge >= 0.3 is 23.9 Å². The van der Waals surface area contributed by atoms with Gasteiger partial charge in [0.1, 0.15) is 33.7 Å². The Bertz CT molecular complexity index is 1880. The Hall–Kier alpha value is -5.48. The van der Waals surface area contributed by atoms with Gasteiger partial charge < -0.3 is 74.5 Å². The smallest absolute Gasteiger partial charge is 0.326 e. The number of nitro groups is 2. The standard InChI is InChI=1S/C39H60IN9O20/c40-36-32(45-46-47(36)26-34(50)42-8-2-1-3-30(37(53)54)43-39(57)44-31(38(55)56)6-7-35(51)52)27-69-24-23-68-22-21-67-20-19-66-18-17-65-16-15-64-14-13-63-12-11-62-10-9-41-29-5-4-28(48(58)59)25-33(29)49(60)61/h4-5,25,30-31,41H,1-3,6-24,26-27H2,(H,42,50)(H,51,52)(H,53,54)(H,55,56)(H2,43,44,57)/t30-,31-/m0/s1. The highest BCUT2D eigenvalue weighted by molar-refractivity contribution is 14.1. The predicted molar refractivity (Wildman–Crippen MR) is 245 cm³/mol. The Morgan fingerprint density at radius 3 is 1.64 bits per heavy atom. The summed E-state index contributed by atoms with van der Waals surface area (Å²) >= 11 is 2.00. The summed E-state index contributed by atoms with van der Waals surface area (Å²) in [6.07, 6.45) is -0.213. The molecule has 1 aromatic carbocycles. The van der Waals surface area contributed by atoms with Gasteiger partial charge in [0.05, 0.1) is 122 Å². The third kappa shape index (κ3) is 27.9. The number of carbonyl (C=O) groups is 5. The molecule has 0 radical (unpaired) electrons. The van der Waals surface area contributed by atoms with Crippen molar-refractivity contribution in [3.63, 3.8) is 0 Å². The lowest BCUT2D eigenvalue weighted by atomic mass is 10.1. The fourth-order valence-electron chi connectivity index (χ4n) is 5.46. The van der Waals surface area contributed by atoms with Crippen LogP contribution in [0.15, 0.2) is 18.2 Å². The first-order valence-corrected chi connectivity index (χ1v) is 22.6. The molecule has 69 heavy (non-hydrogen) atoms. The van der Waals surface area contributed by atoms with Crippen molar-refractivity contribution in [3.8, 4) is 0 Å². The average molecular weight is 1100 g/mol. The molecule has 1 heterocycles. The summed E-state index contributed by atoms with van der Waals surface area (Å²) in [5.41, 5.74) is -0.0553. The van der Waals surface area contributed by atoms with Crippen molar-refractivity contribution >= 4 is 69.5 Å². The highest BCUT2D eigenvalue weighted by Crippen LogP contribution is 2.28. The number of hydrogen-bond donors (Lipinski definition) is 7. The number of carbonyl (C=O) groups excluding carboxylic acids is 2. The number of carboxylic acid groups (broad SMARTS) is 3. The van der Waals surface area contributed by atoms with E-state index in [0.717, 1.165) is 6.07 Å². The second-order valence-corrected chi connectivity index (χ2v) is 15.2. The van der Waals surface area contributed by atoms with Crippen LogP contribution in [0.25, 0.3) is 0 Å². The molecular weight excluding hydrogens is 1040 g/mol. The Morgan fingerprint density at radius 1 is 0.667 bits per heavy atom. The Kier molecular flexibility index (Phi) is 31.5. The number of nitrogens with zero attached hydrogens (tertiary/aromatic N) is 5. The monoisotopic (exact) mass is 1100 g/mol. The quantitative estimate of drug-likeness (QED) is 0.0209. The van der Waals surface area contributed by atoms with Crippen molar-refractivity contribution < 1.29 is 87.0 Å². The number of rotatable bonds is 43. The highest BCUT2D eigenvalue weighted by atomic mass is 127. The van der Waals surface area contributed by atoms with Gasteiger partial charge in [-0.3, -0.25) is 29.8 Å². The topological polar surface area (TPSA) is 385 Å². The van der Waals surface area contributed by atoms with Gasteiger partial charge in [0.25, 0.3) is 11.4 Å². The molecule has 0 spiro atoms. The molecule has 7 N–H and O–H groups in total. The SMILES string of the molecule is O=C(O)CC[C@H](NC(=O)N[C@@H](CCCCNC(=O)Cn1nnc(COCCOCCOCCOCCOCCOCCOCCOCCNc2ccc([N+](=O)[O-])cc2[N+](=O)[O-])c1I)C(=O)O)C(=O)O. The second-order valence-electron chi connectivity index (χ2n) is 14.1. The van der Waals surface area contributed by atoms with Gasteiger partial charge in [0, 0.05) is 25.6 Å². The van der Waals surface area contributed by atoms with Crippen LogP contribution in [0.1, 0.15) is 37.8 Å². The van der Waals surface area contributed by atoms with Crippen molar-refractivity contribution in [2.24, 2.45) is 0 Å². The fraction of sp³-hybridized carbons (Fsp3) is 0.667. The summed E-state index contributed by atoms with van der Waals surface area (Å²) in [6.45, 7) is 5.80. The van der Waals surface area contributed by atoms with Crippen molar-refractivity contribution in [1.82, 2.24) is 30.9 Å². The molecule has 2 rings (SSSR count). The van der Waals surface area contributed by atoms with Gasteiger partial charge in [-0.2, -0.15) is 0 Å².